The van der Waals surface area contributed by atoms with Crippen LogP contribution in [0.25, 0.3) is 66.3 Å². The average molecular weight is 793 g/mol. The van der Waals surface area contributed by atoms with Crippen molar-refractivity contribution in [3.63, 3.8) is 0 Å². The molecule has 0 aliphatic carbocycles. The number of hydrogen-bond donors (Lipinski definition) is 0. The molecule has 3 aromatic carbocycles. The Hall–Kier alpha value is -4.64. The van der Waals surface area contributed by atoms with Gasteiger partial charge in [-0.15, -0.1) is 23.8 Å². The molecule has 47 heavy (non-hydrogen) atoms. The monoisotopic (exact) mass is 793 g/mol. The van der Waals surface area contributed by atoms with Gasteiger partial charge in [-0.3, -0.25) is 4.98 Å². The van der Waals surface area contributed by atoms with E-state index in [0.29, 0.717) is 11.8 Å². The predicted octanol–water partition coefficient (Wildman–Crippen LogP) is 10.2. The third-order valence-electron chi connectivity index (χ3n) is 8.31. The topological polar surface area (TPSA) is 48.5 Å². The summed E-state index contributed by atoms with van der Waals surface area (Å²) in [5.41, 5.74) is 8.89. The maximum absolute atomic E-state index is 4.77. The van der Waals surface area contributed by atoms with Crippen molar-refractivity contribution >= 4 is 43.7 Å². The van der Waals surface area contributed by atoms with Crippen LogP contribution in [0.1, 0.15) is 27.7 Å². The number of fused-ring (bicyclic) bond motifs is 6. The molecule has 0 atom stereocenters. The van der Waals surface area contributed by atoms with E-state index in [1.54, 1.807) is 0 Å². The van der Waals surface area contributed by atoms with Gasteiger partial charge in [0.2, 0.25) is 0 Å². The summed E-state index contributed by atoms with van der Waals surface area (Å²) < 4.78 is 4.74. The summed E-state index contributed by atoms with van der Waals surface area (Å²) in [7, 11) is 0. The van der Waals surface area contributed by atoms with Gasteiger partial charge in [0.25, 0.3) is 0 Å². The summed E-state index contributed by atoms with van der Waals surface area (Å²) in [6.45, 7) is 11.0. The van der Waals surface area contributed by atoms with Crippen molar-refractivity contribution in [1.82, 2.24) is 24.1 Å². The molecular formula is C41H38IrN5-. The first-order valence-electron chi connectivity index (χ1n) is 16.1. The van der Waals surface area contributed by atoms with Crippen LogP contribution in [0.15, 0.2) is 122 Å². The van der Waals surface area contributed by atoms with Crippen LogP contribution in [-0.4, -0.2) is 24.1 Å². The molecule has 0 saturated heterocycles. The van der Waals surface area contributed by atoms with E-state index in [9.17, 15) is 0 Å². The smallest absolute Gasteiger partial charge is 0.140 e. The van der Waals surface area contributed by atoms with Gasteiger partial charge in [0.15, 0.2) is 0 Å². The molecule has 0 aliphatic heterocycles. The van der Waals surface area contributed by atoms with Crippen LogP contribution in [0.4, 0.5) is 0 Å². The summed E-state index contributed by atoms with van der Waals surface area (Å²) in [4.78, 5) is 13.7. The molecule has 5 heterocycles. The Balaban J connectivity index is 0.000000161. The van der Waals surface area contributed by atoms with Gasteiger partial charge in [-0.2, -0.15) is 0 Å². The first-order valence-corrected chi connectivity index (χ1v) is 16.1. The molecule has 0 saturated carbocycles. The molecule has 1 radical (unpaired) electrons. The molecule has 0 aliphatic rings. The molecule has 0 unspecified atom stereocenters. The van der Waals surface area contributed by atoms with Gasteiger partial charge in [0, 0.05) is 73.6 Å². The number of nitrogens with zero attached hydrogens (tertiary/aromatic N) is 5. The fourth-order valence-electron chi connectivity index (χ4n) is 6.37. The Morgan fingerprint density at radius 3 is 1.79 bits per heavy atom. The second kappa shape index (κ2) is 14.0. The standard InChI is InChI=1S/C21H19N2.C20H19N3.Ir/c1-15(2)14-23-20-9-4-3-7-17(20)18-13-16(10-11-21(18)23)19-8-5-6-12-22-19;1-14(2)13-23-19-9-4-3-7-16(19)17-11-15(12-22-20(17)23)18-8-5-6-10-21-18;/h3-9,11-13,15H,14H2,1-2H3;3-12,14H,13H2,1-2H3;/q-1;;. The second-order valence-corrected chi connectivity index (χ2v) is 12.7. The van der Waals surface area contributed by atoms with Crippen molar-refractivity contribution in [2.45, 2.75) is 40.8 Å². The first kappa shape index (κ1) is 32.3. The zero-order valence-corrected chi connectivity index (χ0v) is 29.6. The van der Waals surface area contributed by atoms with Gasteiger partial charge < -0.3 is 14.1 Å². The van der Waals surface area contributed by atoms with E-state index in [-0.39, 0.29) is 20.1 Å². The van der Waals surface area contributed by atoms with Crippen LogP contribution in [0.5, 0.6) is 0 Å². The fourth-order valence-corrected chi connectivity index (χ4v) is 6.37. The van der Waals surface area contributed by atoms with E-state index in [1.165, 1.54) is 38.1 Å². The average Bonchev–Trinajstić information content (AvgIpc) is 3.57. The van der Waals surface area contributed by atoms with Crippen molar-refractivity contribution in [2.24, 2.45) is 11.8 Å². The number of para-hydroxylation sites is 2. The Labute approximate surface area is 289 Å². The molecule has 5 nitrogen and oxygen atoms in total. The molecule has 0 fully saturated rings. The Morgan fingerprint density at radius 1 is 0.574 bits per heavy atom. The number of aromatic nitrogens is 5. The van der Waals surface area contributed by atoms with Gasteiger partial charge in [-0.25, -0.2) is 4.98 Å². The molecule has 0 amide bonds. The van der Waals surface area contributed by atoms with Gasteiger partial charge in [0.1, 0.15) is 5.65 Å². The molecule has 6 heteroatoms. The summed E-state index contributed by atoms with van der Waals surface area (Å²) in [6, 6.07) is 39.1. The SMILES string of the molecule is CC(C)Cn1c2c[c-]c(-c3ccccn3)cc2c2ccccc21.CC(C)Cn1c2ccccc2c2cc(-c3ccccn3)cnc21.[Ir]. The molecule has 237 valence electrons. The van der Waals surface area contributed by atoms with Gasteiger partial charge in [-0.1, -0.05) is 87.7 Å². The third-order valence-corrected chi connectivity index (χ3v) is 8.31. The third kappa shape index (κ3) is 6.49. The summed E-state index contributed by atoms with van der Waals surface area (Å²) in [5.74, 6) is 1.18. The van der Waals surface area contributed by atoms with Crippen LogP contribution >= 0.6 is 0 Å². The van der Waals surface area contributed by atoms with Crippen LogP contribution in [0.3, 0.4) is 0 Å². The van der Waals surface area contributed by atoms with Crippen LogP contribution < -0.4 is 0 Å². The first-order chi connectivity index (χ1) is 22.5. The van der Waals surface area contributed by atoms with Crippen molar-refractivity contribution in [3.05, 3.63) is 128 Å². The second-order valence-electron chi connectivity index (χ2n) is 12.7. The van der Waals surface area contributed by atoms with Crippen LogP contribution in [-0.2, 0) is 33.2 Å². The number of pyridine rings is 3. The minimum absolute atomic E-state index is 0. The summed E-state index contributed by atoms with van der Waals surface area (Å²) in [5, 5.41) is 5.04. The largest absolute Gasteiger partial charge is 0.380 e. The number of hydrogen-bond acceptors (Lipinski definition) is 3. The molecule has 0 spiro atoms. The minimum Gasteiger partial charge on any atom is -0.380 e. The molecule has 0 N–H and O–H groups in total. The van der Waals surface area contributed by atoms with Crippen molar-refractivity contribution in [3.8, 4) is 22.5 Å². The maximum Gasteiger partial charge on any atom is 0.140 e. The quantitative estimate of drug-likeness (QED) is 0.158. The van der Waals surface area contributed by atoms with E-state index >= 15 is 0 Å². The predicted molar refractivity (Wildman–Crippen MR) is 192 cm³/mol. The zero-order valence-electron chi connectivity index (χ0n) is 27.2. The summed E-state index contributed by atoms with van der Waals surface area (Å²) in [6.07, 6.45) is 5.58. The normalized spacial score (nSPS) is 11.4. The van der Waals surface area contributed by atoms with E-state index in [0.717, 1.165) is 41.3 Å². The van der Waals surface area contributed by atoms with Gasteiger partial charge >= 0.3 is 0 Å². The van der Waals surface area contributed by atoms with E-state index in [1.807, 2.05) is 55.0 Å². The minimum atomic E-state index is 0. The van der Waals surface area contributed by atoms with Crippen molar-refractivity contribution in [2.75, 3.05) is 0 Å². The van der Waals surface area contributed by atoms with Gasteiger partial charge in [-0.05, 0) is 64.8 Å². The molecule has 8 rings (SSSR count). The molecule has 5 aromatic heterocycles. The Morgan fingerprint density at radius 2 is 1.15 bits per heavy atom. The van der Waals surface area contributed by atoms with Gasteiger partial charge in [0.05, 0.1) is 11.2 Å². The molecular weight excluding hydrogens is 755 g/mol. The van der Waals surface area contributed by atoms with Crippen molar-refractivity contribution < 1.29 is 20.1 Å². The Kier molecular flexibility index (Phi) is 9.63. The van der Waals surface area contributed by atoms with E-state index < -0.39 is 0 Å². The zero-order chi connectivity index (χ0) is 31.6. The Bertz CT molecular complexity index is 2100. The summed E-state index contributed by atoms with van der Waals surface area (Å²) >= 11 is 0. The van der Waals surface area contributed by atoms with E-state index in [4.69, 9.17) is 4.98 Å². The molecule has 8 aromatic rings. The maximum atomic E-state index is 4.77. The molecule has 0 bridgehead atoms. The van der Waals surface area contributed by atoms with E-state index in [2.05, 4.69) is 120 Å². The number of benzene rings is 3. The van der Waals surface area contributed by atoms with Crippen molar-refractivity contribution in [1.29, 1.82) is 0 Å². The van der Waals surface area contributed by atoms with Crippen LogP contribution in [0, 0.1) is 17.9 Å². The number of rotatable bonds is 6. The van der Waals surface area contributed by atoms with Crippen LogP contribution in [0.2, 0.25) is 0 Å². The fraction of sp³-hybridized carbons (Fsp3) is 0.195.